The normalized spacial score (nSPS) is 17.2. The molecule has 0 heterocycles. The van der Waals surface area contributed by atoms with Crippen LogP contribution in [-0.2, 0) is 5.41 Å². The molecule has 0 N–H and O–H groups in total. The van der Waals surface area contributed by atoms with Crippen molar-refractivity contribution in [3.8, 4) is 33.4 Å². The van der Waals surface area contributed by atoms with Gasteiger partial charge in [0.05, 0.1) is 0 Å². The molecule has 12 rings (SSSR count). The van der Waals surface area contributed by atoms with E-state index in [0.717, 1.165) is 29.9 Å². The number of anilines is 6. The van der Waals surface area contributed by atoms with Crippen molar-refractivity contribution < 1.29 is 0 Å². The first kappa shape index (κ1) is 58.9. The quantitative estimate of drug-likeness (QED) is 0.114. The highest BCUT2D eigenvalue weighted by Crippen LogP contribution is 2.48. The molecule has 2 nitrogen and oxygen atoms in total. The summed E-state index contributed by atoms with van der Waals surface area (Å²) in [5.41, 5.74) is 20.4. The molecule has 3 fully saturated rings. The van der Waals surface area contributed by atoms with E-state index in [0.29, 0.717) is 11.8 Å². The Morgan fingerprint density at radius 1 is 0.209 bits per heavy atom. The van der Waals surface area contributed by atoms with Crippen LogP contribution in [0.5, 0.6) is 0 Å². The standard InChI is InChI=1S/C84H94N2/c1-3-7-11-18-28-66(29-19-12-8-4-1)68-36-40-70(41-37-68)71-44-46-73(47-45-71)75-50-58-81(59-51-75)86(79-34-24-16-25-35-79)83-62-54-77(55-63-83)84(64-26-17-27-65-84)76-52-60-82(61-53-76)85(78-32-22-15-23-33-78)80-56-48-74(49-57-80)72-42-38-69(39-43-72)67-30-20-13-9-5-2-6-10-14-21-31-67/h15-16,22-25,32-63,66-67H,1-14,17-21,26-31,64-65H2. The molecule has 9 aromatic rings. The van der Waals surface area contributed by atoms with E-state index in [4.69, 9.17) is 0 Å². The van der Waals surface area contributed by atoms with Crippen LogP contribution < -0.4 is 9.80 Å². The number of hydrogen-bond acceptors (Lipinski definition) is 2. The minimum Gasteiger partial charge on any atom is -0.311 e. The van der Waals surface area contributed by atoms with E-state index in [1.54, 1.807) is 0 Å². The van der Waals surface area contributed by atoms with Gasteiger partial charge in [0.25, 0.3) is 0 Å². The third-order valence-corrected chi connectivity index (χ3v) is 20.2. The van der Waals surface area contributed by atoms with Crippen LogP contribution in [0.15, 0.2) is 231 Å². The molecule has 0 atom stereocenters. The van der Waals surface area contributed by atoms with E-state index in [1.807, 2.05) is 0 Å². The second-order valence-corrected chi connectivity index (χ2v) is 25.9. The molecule has 0 radical (unpaired) electrons. The van der Waals surface area contributed by atoms with E-state index in [1.165, 1.54) is 233 Å². The van der Waals surface area contributed by atoms with E-state index >= 15 is 0 Å². The van der Waals surface area contributed by atoms with Crippen LogP contribution in [0.2, 0.25) is 0 Å². The van der Waals surface area contributed by atoms with Crippen LogP contribution in [0.4, 0.5) is 34.1 Å². The molecule has 2 heteroatoms. The van der Waals surface area contributed by atoms with E-state index in [9.17, 15) is 0 Å². The van der Waals surface area contributed by atoms with Gasteiger partial charge in [-0.05, 0) is 179 Å². The first-order valence-corrected chi connectivity index (χ1v) is 34.1. The van der Waals surface area contributed by atoms with Gasteiger partial charge in [-0.15, -0.1) is 0 Å². The van der Waals surface area contributed by atoms with Gasteiger partial charge in [0, 0.05) is 39.5 Å². The van der Waals surface area contributed by atoms with Gasteiger partial charge in [-0.1, -0.05) is 293 Å². The predicted octanol–water partition coefficient (Wildman–Crippen LogP) is 25.7. The maximum Gasteiger partial charge on any atom is 0.0462 e. The Bertz CT molecular complexity index is 3390. The van der Waals surface area contributed by atoms with Crippen molar-refractivity contribution in [2.45, 2.75) is 191 Å². The predicted molar refractivity (Wildman–Crippen MR) is 369 cm³/mol. The van der Waals surface area contributed by atoms with Crippen LogP contribution in [0, 0.1) is 0 Å². The lowest BCUT2D eigenvalue weighted by atomic mass is 9.65. The van der Waals surface area contributed by atoms with Gasteiger partial charge < -0.3 is 9.80 Å². The average Bonchev–Trinajstić information content (AvgIpc) is 2.24. The van der Waals surface area contributed by atoms with Gasteiger partial charge in [-0.3, -0.25) is 0 Å². The van der Waals surface area contributed by atoms with Crippen LogP contribution >= 0.6 is 0 Å². The molecule has 0 bridgehead atoms. The summed E-state index contributed by atoms with van der Waals surface area (Å²) in [4.78, 5) is 4.83. The van der Waals surface area contributed by atoms with Crippen LogP contribution in [0.1, 0.15) is 207 Å². The van der Waals surface area contributed by atoms with Gasteiger partial charge in [-0.2, -0.15) is 0 Å². The Morgan fingerprint density at radius 3 is 0.721 bits per heavy atom. The number of hydrogen-bond donors (Lipinski definition) is 0. The maximum absolute atomic E-state index is 2.44. The molecule has 3 aliphatic rings. The Hall–Kier alpha value is -7.42. The lowest BCUT2D eigenvalue weighted by molar-refractivity contribution is 0.346. The highest BCUT2D eigenvalue weighted by Gasteiger charge is 2.36. The lowest BCUT2D eigenvalue weighted by Gasteiger charge is -2.39. The molecular formula is C84H94N2. The number of rotatable bonds is 13. The van der Waals surface area contributed by atoms with Gasteiger partial charge in [-0.25, -0.2) is 0 Å². The summed E-state index contributed by atoms with van der Waals surface area (Å²) in [7, 11) is 0. The molecule has 3 aliphatic carbocycles. The highest BCUT2D eigenvalue weighted by molar-refractivity contribution is 5.81. The largest absolute Gasteiger partial charge is 0.311 e. The molecule has 0 aliphatic heterocycles. The summed E-state index contributed by atoms with van der Waals surface area (Å²) < 4.78 is 0. The molecule has 0 saturated heterocycles. The van der Waals surface area contributed by atoms with E-state index in [-0.39, 0.29) is 5.41 Å². The van der Waals surface area contributed by atoms with Crippen molar-refractivity contribution in [1.82, 2.24) is 0 Å². The second-order valence-electron chi connectivity index (χ2n) is 25.9. The molecular weight excluding hydrogens is 1040 g/mol. The van der Waals surface area contributed by atoms with Crippen molar-refractivity contribution in [2.24, 2.45) is 0 Å². The van der Waals surface area contributed by atoms with Gasteiger partial charge in [0.15, 0.2) is 0 Å². The zero-order valence-electron chi connectivity index (χ0n) is 51.6. The average molecular weight is 1130 g/mol. The number of nitrogens with zero attached hydrogens (tertiary/aromatic N) is 2. The van der Waals surface area contributed by atoms with Crippen LogP contribution in [0.25, 0.3) is 33.4 Å². The number of para-hydroxylation sites is 2. The molecule has 86 heavy (non-hydrogen) atoms. The van der Waals surface area contributed by atoms with E-state index in [2.05, 4.69) is 240 Å². The SMILES string of the molecule is c1ccc(N(c2ccc(-c3ccc(-c4ccc(C5CCCCCCCCCCC5)cc4)cc3)cc2)c2ccc(C3(c4ccc(N(c5ccccc5)c5ccc(-c6ccc(C7CCCCCCCCCCC7)cc6)cc5)cc4)CCCCC3)cc2)cc1. The fourth-order valence-corrected chi connectivity index (χ4v) is 15.2. The highest BCUT2D eigenvalue weighted by atomic mass is 15.1. The van der Waals surface area contributed by atoms with Gasteiger partial charge in [0.1, 0.15) is 0 Å². The summed E-state index contributed by atoms with van der Waals surface area (Å²) in [5, 5.41) is 0. The minimum atomic E-state index is -0.0541. The first-order chi connectivity index (χ1) is 42.6. The molecule has 9 aromatic carbocycles. The molecule has 0 spiro atoms. The van der Waals surface area contributed by atoms with Crippen molar-refractivity contribution in [3.63, 3.8) is 0 Å². The fourth-order valence-electron chi connectivity index (χ4n) is 15.2. The third-order valence-electron chi connectivity index (χ3n) is 20.2. The summed E-state index contributed by atoms with van der Waals surface area (Å²) in [6, 6.07) is 87.8. The number of benzene rings is 9. The Kier molecular flexibility index (Phi) is 20.4. The Morgan fingerprint density at radius 2 is 0.430 bits per heavy atom. The zero-order valence-corrected chi connectivity index (χ0v) is 51.6. The van der Waals surface area contributed by atoms with Crippen LogP contribution in [0.3, 0.4) is 0 Å². The first-order valence-electron chi connectivity index (χ1n) is 34.1. The van der Waals surface area contributed by atoms with Gasteiger partial charge >= 0.3 is 0 Å². The lowest BCUT2D eigenvalue weighted by Crippen LogP contribution is -2.30. The summed E-state index contributed by atoms with van der Waals surface area (Å²) in [6.45, 7) is 0. The Balaban J connectivity index is 0.746. The topological polar surface area (TPSA) is 6.48 Å². The van der Waals surface area contributed by atoms with Crippen molar-refractivity contribution >= 4 is 34.1 Å². The smallest absolute Gasteiger partial charge is 0.0462 e. The van der Waals surface area contributed by atoms with Crippen molar-refractivity contribution in [3.05, 3.63) is 253 Å². The zero-order chi connectivity index (χ0) is 58.0. The Labute approximate surface area is 517 Å². The molecule has 0 unspecified atom stereocenters. The fraction of sp³-hybridized carbons (Fsp3) is 0.357. The molecule has 0 amide bonds. The third kappa shape index (κ3) is 14.7. The minimum absolute atomic E-state index is 0.0541. The molecule has 440 valence electrons. The van der Waals surface area contributed by atoms with Crippen LogP contribution in [-0.4, -0.2) is 0 Å². The summed E-state index contributed by atoms with van der Waals surface area (Å²) in [6.07, 6.45) is 36.6. The maximum atomic E-state index is 2.44. The molecule has 0 aromatic heterocycles. The van der Waals surface area contributed by atoms with E-state index < -0.39 is 0 Å². The molecule has 3 saturated carbocycles. The summed E-state index contributed by atoms with van der Waals surface area (Å²) >= 11 is 0. The van der Waals surface area contributed by atoms with Crippen molar-refractivity contribution in [2.75, 3.05) is 9.80 Å². The monoisotopic (exact) mass is 1130 g/mol. The second kappa shape index (κ2) is 29.8. The summed E-state index contributed by atoms with van der Waals surface area (Å²) in [5.74, 6) is 1.38. The van der Waals surface area contributed by atoms with Crippen molar-refractivity contribution in [1.29, 1.82) is 0 Å². The van der Waals surface area contributed by atoms with Gasteiger partial charge in [0.2, 0.25) is 0 Å².